The first-order valence-corrected chi connectivity index (χ1v) is 10.9. The van der Waals surface area contributed by atoms with Gasteiger partial charge >= 0.3 is 0 Å². The second kappa shape index (κ2) is 8.32. The predicted molar refractivity (Wildman–Crippen MR) is 127 cm³/mol. The number of aryl methyl sites for hydroxylation is 1. The third-order valence-corrected chi connectivity index (χ3v) is 6.00. The van der Waals surface area contributed by atoms with Gasteiger partial charge in [-0.3, -0.25) is 0 Å². The Hall–Kier alpha value is -2.75. The fourth-order valence-electron chi connectivity index (χ4n) is 3.39. The number of benzene rings is 3. The number of nitrogens with zero attached hydrogens (tertiary/aromatic N) is 2. The Balaban J connectivity index is 0.000000994. The largest absolute Gasteiger partial charge is 0.223 e. The summed E-state index contributed by atoms with van der Waals surface area (Å²) in [5.74, 6) is 0. The van der Waals surface area contributed by atoms with Crippen LogP contribution in [0.25, 0.3) is 42.7 Å². The molecule has 0 saturated heterocycles. The number of rotatable bonds is 2. The zero-order valence-corrected chi connectivity index (χ0v) is 18.2. The highest BCUT2D eigenvalue weighted by Gasteiger charge is 2.15. The van der Waals surface area contributed by atoms with E-state index in [1.54, 1.807) is 11.3 Å². The Kier molecular flexibility index (Phi) is 5.61. The number of halogens is 1. The molecule has 29 heavy (non-hydrogen) atoms. The highest BCUT2D eigenvalue weighted by Crippen LogP contribution is 2.39. The van der Waals surface area contributed by atoms with Gasteiger partial charge in [0.25, 0.3) is 0 Å². The molecule has 2 aromatic heterocycles. The number of aromatic nitrogens is 2. The van der Waals surface area contributed by atoms with E-state index in [2.05, 4.69) is 83.6 Å². The van der Waals surface area contributed by atoms with Crippen LogP contribution < -0.4 is 0 Å². The molecule has 0 N–H and O–H groups in total. The van der Waals surface area contributed by atoms with Gasteiger partial charge in [0.15, 0.2) is 0 Å². The lowest BCUT2D eigenvalue weighted by Crippen LogP contribution is -1.89. The van der Waals surface area contributed by atoms with E-state index in [4.69, 9.17) is 11.6 Å². The summed E-state index contributed by atoms with van der Waals surface area (Å²) in [6.45, 7) is 6.10. The third kappa shape index (κ3) is 3.76. The van der Waals surface area contributed by atoms with E-state index in [0.717, 1.165) is 32.4 Å². The summed E-state index contributed by atoms with van der Waals surface area (Å²) in [5.41, 5.74) is 6.45. The van der Waals surface area contributed by atoms with E-state index in [0.29, 0.717) is 0 Å². The van der Waals surface area contributed by atoms with E-state index < -0.39 is 0 Å². The quantitative estimate of drug-likeness (QED) is 0.271. The van der Waals surface area contributed by atoms with Crippen molar-refractivity contribution < 1.29 is 0 Å². The maximum Gasteiger partial charge on any atom is 0.223 e. The molecule has 0 atom stereocenters. The molecule has 2 heterocycles. The molecule has 5 aromatic rings. The molecule has 0 spiro atoms. The minimum absolute atomic E-state index is 0.280. The minimum Gasteiger partial charge on any atom is -0.216 e. The Labute approximate surface area is 179 Å². The van der Waals surface area contributed by atoms with Gasteiger partial charge in [-0.25, -0.2) is 9.97 Å². The summed E-state index contributed by atoms with van der Waals surface area (Å²) in [7, 11) is 0. The summed E-state index contributed by atoms with van der Waals surface area (Å²) >= 11 is 8.03. The Morgan fingerprint density at radius 1 is 0.759 bits per heavy atom. The number of hydrogen-bond donors (Lipinski definition) is 0. The summed E-state index contributed by atoms with van der Waals surface area (Å²) in [6.07, 6.45) is 0. The van der Waals surface area contributed by atoms with Crippen molar-refractivity contribution in [1.82, 2.24) is 9.97 Å². The molecule has 0 amide bonds. The van der Waals surface area contributed by atoms with Crippen LogP contribution in [0.3, 0.4) is 0 Å². The predicted octanol–water partition coefficient (Wildman–Crippen LogP) is 8.17. The molecular formula is C25H21ClN2S. The molecule has 0 saturated carbocycles. The molecule has 0 bridgehead atoms. The van der Waals surface area contributed by atoms with Crippen molar-refractivity contribution in [3.63, 3.8) is 0 Å². The van der Waals surface area contributed by atoms with Crippen molar-refractivity contribution in [2.24, 2.45) is 0 Å². The van der Waals surface area contributed by atoms with Crippen molar-refractivity contribution in [2.45, 2.75) is 20.8 Å². The number of hydrogen-bond acceptors (Lipinski definition) is 3. The first-order chi connectivity index (χ1) is 14.2. The summed E-state index contributed by atoms with van der Waals surface area (Å²) < 4.78 is 2.28. The normalized spacial score (nSPS) is 10.8. The van der Waals surface area contributed by atoms with E-state index in [-0.39, 0.29) is 5.28 Å². The van der Waals surface area contributed by atoms with Crippen LogP contribution in [-0.2, 0) is 0 Å². The first-order valence-electron chi connectivity index (χ1n) is 9.71. The van der Waals surface area contributed by atoms with Crippen molar-refractivity contribution in [3.05, 3.63) is 83.6 Å². The first kappa shape index (κ1) is 19.6. The minimum atomic E-state index is 0.280. The lowest BCUT2D eigenvalue weighted by atomic mass is 10.0. The second-order valence-electron chi connectivity index (χ2n) is 6.57. The molecule has 2 nitrogen and oxygen atoms in total. The molecule has 0 aliphatic heterocycles. The van der Waals surface area contributed by atoms with E-state index in [1.165, 1.54) is 15.8 Å². The number of fused-ring (bicyclic) bond motifs is 3. The maximum absolute atomic E-state index is 6.30. The second-order valence-corrected chi connectivity index (χ2v) is 7.96. The molecular weight excluding hydrogens is 396 g/mol. The molecule has 4 heteroatoms. The average Bonchev–Trinajstić information content (AvgIpc) is 3.12. The van der Waals surface area contributed by atoms with Gasteiger partial charge in [-0.05, 0) is 47.3 Å². The lowest BCUT2D eigenvalue weighted by Gasteiger charge is -2.07. The van der Waals surface area contributed by atoms with Gasteiger partial charge in [-0.1, -0.05) is 74.5 Å². The standard InChI is InChI=1S/C23H15ClN2S.C2H6/c1-14-10-11-18-19(12-14)27-22-20(25-23(24)26-21(18)22)17-9-5-8-16(13-17)15-6-3-2-4-7-15;1-2/h2-13H,1H3;1-2H3. The van der Waals surface area contributed by atoms with Crippen LogP contribution >= 0.6 is 22.9 Å². The highest BCUT2D eigenvalue weighted by atomic mass is 35.5. The van der Waals surface area contributed by atoms with Gasteiger partial charge in [-0.15, -0.1) is 11.3 Å². The van der Waals surface area contributed by atoms with Gasteiger partial charge in [0.05, 0.1) is 15.9 Å². The van der Waals surface area contributed by atoms with Crippen LogP contribution in [0.4, 0.5) is 0 Å². The Bertz CT molecular complexity index is 1290. The zero-order chi connectivity index (χ0) is 20.4. The molecule has 5 rings (SSSR count). The Morgan fingerprint density at radius 2 is 1.48 bits per heavy atom. The van der Waals surface area contributed by atoms with Crippen molar-refractivity contribution >= 4 is 43.2 Å². The summed E-state index contributed by atoms with van der Waals surface area (Å²) in [5, 5.41) is 1.41. The zero-order valence-electron chi connectivity index (χ0n) is 16.6. The topological polar surface area (TPSA) is 25.8 Å². The monoisotopic (exact) mass is 416 g/mol. The SMILES string of the molecule is CC.Cc1ccc2c(c1)sc1c(-c3cccc(-c4ccccc4)c3)nc(Cl)nc12. The highest BCUT2D eigenvalue weighted by molar-refractivity contribution is 7.26. The van der Waals surface area contributed by atoms with Gasteiger partial charge in [0.1, 0.15) is 0 Å². The van der Waals surface area contributed by atoms with Crippen LogP contribution in [0, 0.1) is 6.92 Å². The van der Waals surface area contributed by atoms with Crippen LogP contribution in [-0.4, -0.2) is 9.97 Å². The van der Waals surface area contributed by atoms with Crippen LogP contribution in [0.2, 0.25) is 5.28 Å². The number of thiophene rings is 1. The molecule has 3 aromatic carbocycles. The fourth-order valence-corrected chi connectivity index (χ4v) is 4.82. The molecule has 0 aliphatic carbocycles. The molecule has 0 unspecified atom stereocenters. The van der Waals surface area contributed by atoms with Crippen LogP contribution in [0.15, 0.2) is 72.8 Å². The summed E-state index contributed by atoms with van der Waals surface area (Å²) in [4.78, 5) is 9.11. The van der Waals surface area contributed by atoms with Crippen molar-refractivity contribution in [3.8, 4) is 22.4 Å². The molecule has 144 valence electrons. The fraction of sp³-hybridized carbons (Fsp3) is 0.120. The average molecular weight is 417 g/mol. The van der Waals surface area contributed by atoms with E-state index in [9.17, 15) is 0 Å². The smallest absolute Gasteiger partial charge is 0.216 e. The van der Waals surface area contributed by atoms with Gasteiger partial charge in [0, 0.05) is 15.6 Å². The lowest BCUT2D eigenvalue weighted by molar-refractivity contribution is 1.24. The maximum atomic E-state index is 6.30. The van der Waals surface area contributed by atoms with Gasteiger partial charge < -0.3 is 0 Å². The van der Waals surface area contributed by atoms with Crippen LogP contribution in [0.1, 0.15) is 19.4 Å². The van der Waals surface area contributed by atoms with E-state index >= 15 is 0 Å². The third-order valence-electron chi connectivity index (χ3n) is 4.69. The van der Waals surface area contributed by atoms with Crippen molar-refractivity contribution in [2.75, 3.05) is 0 Å². The molecule has 0 aliphatic rings. The molecule has 0 radical (unpaired) electrons. The van der Waals surface area contributed by atoms with Gasteiger partial charge in [-0.2, -0.15) is 0 Å². The summed E-state index contributed by atoms with van der Waals surface area (Å²) in [6, 6.07) is 25.2. The van der Waals surface area contributed by atoms with Crippen LogP contribution in [0.5, 0.6) is 0 Å². The van der Waals surface area contributed by atoms with Gasteiger partial charge in [0.2, 0.25) is 5.28 Å². The van der Waals surface area contributed by atoms with E-state index in [1.807, 2.05) is 19.9 Å². The Morgan fingerprint density at radius 3 is 2.28 bits per heavy atom. The van der Waals surface area contributed by atoms with Crippen molar-refractivity contribution in [1.29, 1.82) is 0 Å². The molecule has 0 fully saturated rings.